The minimum atomic E-state index is -4.80. The summed E-state index contributed by atoms with van der Waals surface area (Å²) in [6.07, 6.45) is -4.74. The van der Waals surface area contributed by atoms with Crippen molar-refractivity contribution >= 4 is 35.1 Å². The number of rotatable bonds is 5. The minimum Gasteiger partial charge on any atom is -0.407 e. The first-order chi connectivity index (χ1) is 15.2. The van der Waals surface area contributed by atoms with Crippen molar-refractivity contribution in [2.75, 3.05) is 16.8 Å². The molecule has 0 saturated carbocycles. The summed E-state index contributed by atoms with van der Waals surface area (Å²) in [6.45, 7) is 0.183. The molecule has 1 aromatic heterocycles. The van der Waals surface area contributed by atoms with Crippen molar-refractivity contribution in [2.45, 2.75) is 18.7 Å². The number of hydrogen-bond acceptors (Lipinski definition) is 6. The number of alkyl halides is 3. The third kappa shape index (κ3) is 4.99. The molecule has 4 rings (SSSR count). The highest BCUT2D eigenvalue weighted by molar-refractivity contribution is 6.31. The number of nitrogens with zero attached hydrogens (tertiary/aromatic N) is 3. The fourth-order valence-corrected chi connectivity index (χ4v) is 3.39. The Kier molecular flexibility index (Phi) is 5.74. The largest absolute Gasteiger partial charge is 0.573 e. The van der Waals surface area contributed by atoms with Crippen LogP contribution in [0.5, 0.6) is 5.75 Å². The third-order valence-corrected chi connectivity index (χ3v) is 4.84. The summed E-state index contributed by atoms with van der Waals surface area (Å²) >= 11 is 5.87. The number of hydrogen-bond donors (Lipinski definition) is 1. The maximum Gasteiger partial charge on any atom is 0.573 e. The Morgan fingerprint density at radius 3 is 2.62 bits per heavy atom. The molecule has 1 atom stereocenters. The van der Waals surface area contributed by atoms with Gasteiger partial charge in [0.1, 0.15) is 5.75 Å². The van der Waals surface area contributed by atoms with E-state index < -0.39 is 18.2 Å². The molecule has 1 unspecified atom stereocenters. The lowest BCUT2D eigenvalue weighted by Crippen LogP contribution is -2.24. The molecule has 32 heavy (non-hydrogen) atoms. The molecule has 8 nitrogen and oxygen atoms in total. The Hall–Kier alpha value is -3.60. The van der Waals surface area contributed by atoms with E-state index in [0.717, 1.165) is 12.1 Å². The first kappa shape index (κ1) is 21.6. The van der Waals surface area contributed by atoms with E-state index in [4.69, 9.17) is 16.0 Å². The Morgan fingerprint density at radius 1 is 1.19 bits per heavy atom. The second-order valence-electron chi connectivity index (χ2n) is 6.86. The van der Waals surface area contributed by atoms with Gasteiger partial charge in [-0.2, -0.15) is 0 Å². The van der Waals surface area contributed by atoms with Crippen LogP contribution < -0.4 is 15.0 Å². The fraction of sp³-hybridized carbons (Fsp3) is 0.200. The molecule has 0 bridgehead atoms. The molecule has 166 valence electrons. The zero-order chi connectivity index (χ0) is 22.9. The van der Waals surface area contributed by atoms with Crippen LogP contribution in [-0.2, 0) is 4.79 Å². The van der Waals surface area contributed by atoms with E-state index in [1.165, 1.54) is 23.1 Å². The van der Waals surface area contributed by atoms with E-state index >= 15 is 0 Å². The Morgan fingerprint density at radius 2 is 1.94 bits per heavy atom. The van der Waals surface area contributed by atoms with E-state index in [9.17, 15) is 22.8 Å². The number of aromatic nitrogens is 2. The lowest BCUT2D eigenvalue weighted by Gasteiger charge is -2.17. The van der Waals surface area contributed by atoms with E-state index in [1.807, 2.05) is 0 Å². The van der Waals surface area contributed by atoms with Gasteiger partial charge in [0.25, 0.3) is 5.91 Å². The van der Waals surface area contributed by atoms with Gasteiger partial charge >= 0.3 is 12.4 Å². The second kappa shape index (κ2) is 8.50. The van der Waals surface area contributed by atoms with Crippen LogP contribution in [0, 0.1) is 0 Å². The van der Waals surface area contributed by atoms with Gasteiger partial charge in [0.05, 0.1) is 5.92 Å². The first-order valence-electron chi connectivity index (χ1n) is 9.24. The molecule has 1 N–H and O–H groups in total. The molecule has 1 aliphatic heterocycles. The molecule has 3 aromatic rings. The zero-order valence-electron chi connectivity index (χ0n) is 16.1. The summed E-state index contributed by atoms with van der Waals surface area (Å²) in [6, 6.07) is 11.1. The molecule has 2 aromatic carbocycles. The smallest absolute Gasteiger partial charge is 0.407 e. The highest BCUT2D eigenvalue weighted by atomic mass is 35.5. The highest BCUT2D eigenvalue weighted by Crippen LogP contribution is 2.33. The molecule has 12 heteroatoms. The molecule has 1 aliphatic rings. The number of amides is 2. The highest BCUT2D eigenvalue weighted by Gasteiger charge is 2.35. The van der Waals surface area contributed by atoms with E-state index in [1.54, 1.807) is 18.2 Å². The van der Waals surface area contributed by atoms with Gasteiger partial charge < -0.3 is 14.1 Å². The van der Waals surface area contributed by atoms with Crippen molar-refractivity contribution in [1.29, 1.82) is 0 Å². The normalized spacial score (nSPS) is 16.3. The number of nitrogens with one attached hydrogen (secondary N) is 1. The molecule has 0 spiro atoms. The average Bonchev–Trinajstić information content (AvgIpc) is 3.34. The summed E-state index contributed by atoms with van der Waals surface area (Å²) in [5.74, 6) is -1.44. The molecule has 0 aliphatic carbocycles. The number of ether oxygens (including phenoxy) is 1. The number of benzene rings is 2. The van der Waals surface area contributed by atoms with Crippen molar-refractivity contribution in [3.63, 3.8) is 0 Å². The number of carbonyl (C=O) groups excluding carboxylic acids is 2. The van der Waals surface area contributed by atoms with Crippen LogP contribution in [0.3, 0.4) is 0 Å². The Bertz CT molecular complexity index is 1150. The summed E-state index contributed by atoms with van der Waals surface area (Å²) < 4.78 is 46.2. The van der Waals surface area contributed by atoms with Crippen molar-refractivity contribution in [3.8, 4) is 5.75 Å². The van der Waals surface area contributed by atoms with Crippen LogP contribution in [0.4, 0.5) is 24.9 Å². The van der Waals surface area contributed by atoms with Crippen molar-refractivity contribution in [2.24, 2.45) is 0 Å². The number of anilines is 2. The summed E-state index contributed by atoms with van der Waals surface area (Å²) in [5, 5.41) is 10.5. The van der Waals surface area contributed by atoms with E-state index in [-0.39, 0.29) is 36.5 Å². The second-order valence-corrected chi connectivity index (χ2v) is 7.29. The van der Waals surface area contributed by atoms with Crippen LogP contribution in [-0.4, -0.2) is 34.9 Å². The van der Waals surface area contributed by atoms with Crippen LogP contribution in [0.15, 0.2) is 52.9 Å². The monoisotopic (exact) mass is 466 g/mol. The predicted octanol–water partition coefficient (Wildman–Crippen LogP) is 4.39. The van der Waals surface area contributed by atoms with Gasteiger partial charge in [-0.25, -0.2) is 0 Å². The molecule has 0 radical (unpaired) electrons. The van der Waals surface area contributed by atoms with Crippen molar-refractivity contribution in [3.05, 3.63) is 65.0 Å². The van der Waals surface area contributed by atoms with Gasteiger partial charge in [-0.15, -0.1) is 18.3 Å². The molecule has 2 heterocycles. The van der Waals surface area contributed by atoms with Gasteiger partial charge in [-0.3, -0.25) is 14.9 Å². The third-order valence-electron chi connectivity index (χ3n) is 4.60. The molecular weight excluding hydrogens is 453 g/mol. The zero-order valence-corrected chi connectivity index (χ0v) is 16.9. The Balaban J connectivity index is 1.41. The molecule has 2 amide bonds. The maximum atomic E-state index is 12.4. The average molecular weight is 467 g/mol. The lowest BCUT2D eigenvalue weighted by atomic mass is 10.1. The number of carbonyl (C=O) groups is 2. The van der Waals surface area contributed by atoms with E-state index in [2.05, 4.69) is 20.3 Å². The first-order valence-corrected chi connectivity index (χ1v) is 9.62. The van der Waals surface area contributed by atoms with Crippen LogP contribution in [0.2, 0.25) is 5.02 Å². The van der Waals surface area contributed by atoms with E-state index in [0.29, 0.717) is 16.3 Å². The summed E-state index contributed by atoms with van der Waals surface area (Å²) in [4.78, 5) is 26.1. The molecule has 1 fully saturated rings. The van der Waals surface area contributed by atoms with Gasteiger partial charge in [-0.05, 0) is 42.5 Å². The summed E-state index contributed by atoms with van der Waals surface area (Å²) in [5.41, 5.74) is 0.707. The standard InChI is InChI=1S/C20H14ClF3N4O4/c21-13-3-1-2-11(8-13)17(30)25-19-27-26-18(31-19)12-9-16(29)28(10-12)14-4-6-15(7-5-14)32-20(22,23)24/h1-8,12H,9-10H2,(H,25,27,30). The van der Waals surface area contributed by atoms with Gasteiger partial charge in [0, 0.05) is 29.2 Å². The minimum absolute atomic E-state index is 0.0602. The molecular formula is C20H14ClF3N4O4. The van der Waals surface area contributed by atoms with Gasteiger partial charge in [0.2, 0.25) is 11.8 Å². The van der Waals surface area contributed by atoms with Crippen LogP contribution in [0.1, 0.15) is 28.6 Å². The van der Waals surface area contributed by atoms with Gasteiger partial charge in [-0.1, -0.05) is 22.8 Å². The van der Waals surface area contributed by atoms with Gasteiger partial charge in [0.15, 0.2) is 0 Å². The topological polar surface area (TPSA) is 97.6 Å². The van der Waals surface area contributed by atoms with Crippen LogP contribution in [0.25, 0.3) is 0 Å². The summed E-state index contributed by atoms with van der Waals surface area (Å²) in [7, 11) is 0. The predicted molar refractivity (Wildman–Crippen MR) is 107 cm³/mol. The Labute approximate surface area is 183 Å². The SMILES string of the molecule is O=C(Nc1nnc(C2CC(=O)N(c3ccc(OC(F)(F)F)cc3)C2)o1)c1cccc(Cl)c1. The fourth-order valence-electron chi connectivity index (χ4n) is 3.20. The number of halogens is 4. The lowest BCUT2D eigenvalue weighted by molar-refractivity contribution is -0.274. The van der Waals surface area contributed by atoms with Crippen LogP contribution >= 0.6 is 11.6 Å². The quantitative estimate of drug-likeness (QED) is 0.598. The molecule has 1 saturated heterocycles. The van der Waals surface area contributed by atoms with Crippen molar-refractivity contribution < 1.29 is 31.9 Å². The van der Waals surface area contributed by atoms with Crippen molar-refractivity contribution in [1.82, 2.24) is 10.2 Å². The maximum absolute atomic E-state index is 12.4.